The van der Waals surface area contributed by atoms with Gasteiger partial charge in [0.15, 0.2) is 11.5 Å². The van der Waals surface area contributed by atoms with Crippen molar-refractivity contribution in [3.8, 4) is 11.5 Å². The van der Waals surface area contributed by atoms with Crippen LogP contribution in [-0.4, -0.2) is 54.5 Å². The minimum absolute atomic E-state index is 0.0111. The van der Waals surface area contributed by atoms with Crippen LogP contribution in [0, 0.1) is 16.7 Å². The number of nitrogens with one attached hydrogen (secondary N) is 1. The number of hydrogen-bond acceptors (Lipinski definition) is 5. The van der Waals surface area contributed by atoms with E-state index in [0.29, 0.717) is 22.8 Å². The highest BCUT2D eigenvalue weighted by atomic mass is 16.5. The fourth-order valence-electron chi connectivity index (χ4n) is 10.5. The summed E-state index contributed by atoms with van der Waals surface area (Å²) in [7, 11) is 1.72. The Bertz CT molecular complexity index is 1070. The summed E-state index contributed by atoms with van der Waals surface area (Å²) in [6.07, 6.45) is 15.2. The van der Waals surface area contributed by atoms with Gasteiger partial charge in [-0.2, -0.15) is 0 Å². The topological polar surface area (TPSA) is 54.0 Å². The molecule has 1 aromatic carbocycles. The van der Waals surface area contributed by atoms with Gasteiger partial charge in [0, 0.05) is 24.1 Å². The highest BCUT2D eigenvalue weighted by molar-refractivity contribution is 5.61. The third kappa shape index (κ3) is 3.60. The summed E-state index contributed by atoms with van der Waals surface area (Å²) in [5.41, 5.74) is 4.05. The number of rotatable bonds is 6. The Morgan fingerprint density at radius 3 is 2.69 bits per heavy atom. The lowest BCUT2D eigenvalue weighted by atomic mass is 9.43. The van der Waals surface area contributed by atoms with Crippen LogP contribution in [0.3, 0.4) is 0 Å². The maximum atomic E-state index is 10.3. The third-order valence-electron chi connectivity index (χ3n) is 10.8. The molecule has 0 amide bonds. The van der Waals surface area contributed by atoms with Crippen molar-refractivity contribution in [2.45, 2.75) is 101 Å². The second-order valence-corrected chi connectivity index (χ2v) is 14.2. The van der Waals surface area contributed by atoms with E-state index in [9.17, 15) is 5.11 Å². The number of hydrogen-bond donors (Lipinski definition) is 2. The van der Waals surface area contributed by atoms with Gasteiger partial charge in [0.2, 0.25) is 0 Å². The molecular weight excluding hydrogens is 448 g/mol. The van der Waals surface area contributed by atoms with E-state index < -0.39 is 6.10 Å². The molecule has 4 saturated carbocycles. The number of aliphatic hydroxyl groups is 1. The molecule has 7 aliphatic rings. The van der Waals surface area contributed by atoms with Gasteiger partial charge in [-0.05, 0) is 99.4 Å². The predicted molar refractivity (Wildman–Crippen MR) is 142 cm³/mol. The second-order valence-electron chi connectivity index (χ2n) is 14.2. The van der Waals surface area contributed by atoms with Gasteiger partial charge in [0.25, 0.3) is 0 Å². The third-order valence-corrected chi connectivity index (χ3v) is 10.8. The molecule has 2 N–H and O–H groups in total. The Hall–Kier alpha value is -1.56. The molecule has 36 heavy (non-hydrogen) atoms. The Kier molecular flexibility index (Phi) is 5.21. The first-order chi connectivity index (χ1) is 17.2. The Morgan fingerprint density at radius 2 is 1.94 bits per heavy atom. The second kappa shape index (κ2) is 7.97. The van der Waals surface area contributed by atoms with Gasteiger partial charge in [0.05, 0.1) is 18.6 Å². The van der Waals surface area contributed by atoms with Gasteiger partial charge in [0.1, 0.15) is 6.10 Å². The van der Waals surface area contributed by atoms with Crippen molar-refractivity contribution in [1.29, 1.82) is 0 Å². The molecule has 0 saturated heterocycles. The van der Waals surface area contributed by atoms with Crippen LogP contribution in [0.15, 0.2) is 24.3 Å². The van der Waals surface area contributed by atoms with Crippen LogP contribution in [-0.2, 0) is 12.0 Å². The van der Waals surface area contributed by atoms with Gasteiger partial charge < -0.3 is 19.9 Å². The zero-order chi connectivity index (χ0) is 24.8. The zero-order valence-corrected chi connectivity index (χ0v) is 22.4. The zero-order valence-electron chi connectivity index (χ0n) is 22.4. The number of nitrogens with zero attached hydrogens (tertiary/aromatic N) is 1. The Labute approximate surface area is 216 Å². The molecule has 2 unspecified atom stereocenters. The van der Waals surface area contributed by atoms with Crippen molar-refractivity contribution < 1.29 is 14.6 Å². The average molecular weight is 493 g/mol. The van der Waals surface area contributed by atoms with E-state index in [4.69, 9.17) is 9.47 Å². The largest absolute Gasteiger partial charge is 0.493 e. The summed E-state index contributed by atoms with van der Waals surface area (Å²) < 4.78 is 12.2. The summed E-state index contributed by atoms with van der Waals surface area (Å²) in [6, 6.07) is 4.32. The average Bonchev–Trinajstić information content (AvgIpc) is 3.03. The van der Waals surface area contributed by atoms with Crippen LogP contribution in [0.2, 0.25) is 0 Å². The Balaban J connectivity index is 1.05. The highest BCUT2D eigenvalue weighted by Gasteiger charge is 2.60. The molecule has 1 spiro atoms. The lowest BCUT2D eigenvalue weighted by Gasteiger charge is -2.65. The summed E-state index contributed by atoms with van der Waals surface area (Å²) in [5.74, 6) is 2.67. The van der Waals surface area contributed by atoms with E-state index in [1.165, 1.54) is 56.1 Å². The highest BCUT2D eigenvalue weighted by Crippen LogP contribution is 2.66. The molecule has 4 fully saturated rings. The minimum atomic E-state index is -0.427. The van der Waals surface area contributed by atoms with Crippen molar-refractivity contribution in [2.75, 3.05) is 26.7 Å². The van der Waals surface area contributed by atoms with Crippen LogP contribution < -0.4 is 14.8 Å². The quantitative estimate of drug-likeness (QED) is 0.435. The van der Waals surface area contributed by atoms with Crippen molar-refractivity contribution in [3.05, 3.63) is 35.4 Å². The van der Waals surface area contributed by atoms with Gasteiger partial charge in [-0.25, -0.2) is 0 Å². The first-order valence-electron chi connectivity index (χ1n) is 14.4. The molecule has 5 aliphatic carbocycles. The Morgan fingerprint density at radius 1 is 1.14 bits per heavy atom. The van der Waals surface area contributed by atoms with Crippen molar-refractivity contribution >= 4 is 0 Å². The van der Waals surface area contributed by atoms with Crippen LogP contribution in [0.25, 0.3) is 0 Å². The van der Waals surface area contributed by atoms with E-state index in [2.05, 4.69) is 42.3 Å². The summed E-state index contributed by atoms with van der Waals surface area (Å²) in [6.45, 7) is 9.40. The maximum absolute atomic E-state index is 10.3. The van der Waals surface area contributed by atoms with Gasteiger partial charge in [-0.15, -0.1) is 0 Å². The lowest BCUT2D eigenvalue weighted by Crippen LogP contribution is -2.64. The van der Waals surface area contributed by atoms with Crippen LogP contribution in [0.5, 0.6) is 11.5 Å². The molecule has 2 heterocycles. The van der Waals surface area contributed by atoms with E-state index in [1.54, 1.807) is 7.11 Å². The summed E-state index contributed by atoms with van der Waals surface area (Å²) >= 11 is 0. The van der Waals surface area contributed by atoms with Gasteiger partial charge in [-0.1, -0.05) is 32.1 Å². The van der Waals surface area contributed by atoms with E-state index >= 15 is 0 Å². The summed E-state index contributed by atoms with van der Waals surface area (Å²) in [5, 5.41) is 14.5. The smallest absolute Gasteiger partial charge is 0.166 e. The molecule has 8 rings (SSSR count). The van der Waals surface area contributed by atoms with Crippen LogP contribution >= 0.6 is 0 Å². The normalized spacial score (nSPS) is 44.2. The molecule has 0 radical (unpaired) electrons. The number of ether oxygens (including phenoxy) is 2. The first-order valence-corrected chi connectivity index (χ1v) is 14.4. The minimum Gasteiger partial charge on any atom is -0.493 e. The fraction of sp³-hybridized carbons (Fsp3) is 0.742. The molecule has 196 valence electrons. The molecule has 5 nitrogen and oxygen atoms in total. The fourth-order valence-corrected chi connectivity index (χ4v) is 10.5. The molecule has 5 atom stereocenters. The monoisotopic (exact) mass is 492 g/mol. The SMILES string of the molecule is COc1ccc2c3c1O[C@H]1C[C@@H](O)C=C[C@@]31CCN(CCCNC13CC4CC(C)(CC(C)(C4)C1)C3)C2. The van der Waals surface area contributed by atoms with Crippen molar-refractivity contribution in [3.63, 3.8) is 0 Å². The van der Waals surface area contributed by atoms with Crippen LogP contribution in [0.1, 0.15) is 82.8 Å². The summed E-state index contributed by atoms with van der Waals surface area (Å²) in [4.78, 5) is 2.65. The van der Waals surface area contributed by atoms with Gasteiger partial charge >= 0.3 is 0 Å². The first kappa shape index (κ1) is 23.5. The number of benzene rings is 1. The van der Waals surface area contributed by atoms with Crippen LogP contribution in [0.4, 0.5) is 0 Å². The van der Waals surface area contributed by atoms with E-state index in [-0.39, 0.29) is 11.5 Å². The van der Waals surface area contributed by atoms with Crippen molar-refractivity contribution in [1.82, 2.24) is 10.2 Å². The van der Waals surface area contributed by atoms with Crippen molar-refractivity contribution in [2.24, 2.45) is 16.7 Å². The molecule has 4 bridgehead atoms. The molecular formula is C31H44N2O3. The maximum Gasteiger partial charge on any atom is 0.166 e. The number of aliphatic hydroxyl groups excluding tert-OH is 1. The predicted octanol–water partition coefficient (Wildman–Crippen LogP) is 4.95. The number of methoxy groups -OCH3 is 1. The van der Waals surface area contributed by atoms with E-state index in [1.807, 2.05) is 6.08 Å². The molecule has 2 aliphatic heterocycles. The molecule has 1 aromatic rings. The van der Waals surface area contributed by atoms with E-state index in [0.717, 1.165) is 50.0 Å². The molecule has 5 heteroatoms. The van der Waals surface area contributed by atoms with Gasteiger partial charge in [-0.3, -0.25) is 4.90 Å². The lowest BCUT2D eigenvalue weighted by molar-refractivity contribution is -0.117. The standard InChI is InChI=1S/C31H44N2O3/c1-28-14-21-15-29(2,18-28)20-30(16-21,19-28)32-10-4-11-33-12-9-31-8-7-23(34)13-25(31)36-27-24(35-3)6-5-22(17-33)26(27)31/h5-8,21,23,25,32,34H,4,9-20H2,1-3H3/t21?,23-,25-,28?,29?,30?,31-/m0/s1. The molecule has 0 aromatic heterocycles.